The predicted molar refractivity (Wildman–Crippen MR) is 108 cm³/mol. The van der Waals surface area contributed by atoms with Crippen molar-refractivity contribution in [3.8, 4) is 11.3 Å². The third-order valence-corrected chi connectivity index (χ3v) is 5.27. The zero-order valence-corrected chi connectivity index (χ0v) is 16.1. The summed E-state index contributed by atoms with van der Waals surface area (Å²) in [5.41, 5.74) is 11.1. The molecule has 0 unspecified atom stereocenters. The van der Waals surface area contributed by atoms with E-state index in [0.717, 1.165) is 41.0 Å². The molecule has 0 atom stereocenters. The lowest BCUT2D eigenvalue weighted by Gasteiger charge is -2.23. The van der Waals surface area contributed by atoms with Crippen LogP contribution in [0.3, 0.4) is 0 Å². The first-order valence-corrected chi connectivity index (χ1v) is 9.48. The van der Waals surface area contributed by atoms with Gasteiger partial charge in [0.05, 0.1) is 17.1 Å². The molecule has 1 aliphatic carbocycles. The van der Waals surface area contributed by atoms with Crippen LogP contribution in [-0.4, -0.2) is 16.2 Å². The van der Waals surface area contributed by atoms with E-state index in [1.165, 1.54) is 19.3 Å². The Balaban J connectivity index is 2.06. The molecule has 0 radical (unpaired) electrons. The summed E-state index contributed by atoms with van der Waals surface area (Å²) in [5.74, 6) is 0.902. The van der Waals surface area contributed by atoms with E-state index in [4.69, 9.17) is 15.7 Å². The minimum absolute atomic E-state index is 0.436. The van der Waals surface area contributed by atoms with Gasteiger partial charge in [-0.3, -0.25) is 4.99 Å². The van der Waals surface area contributed by atoms with Crippen LogP contribution in [0.5, 0.6) is 0 Å². The van der Waals surface area contributed by atoms with Crippen LogP contribution in [0.2, 0.25) is 0 Å². The summed E-state index contributed by atoms with van der Waals surface area (Å²) in [6.07, 6.45) is 9.49. The molecular weight excluding hydrogens is 376 g/mol. The fraction of sp³-hybridized carbons (Fsp3) is 0.350. The van der Waals surface area contributed by atoms with E-state index in [9.17, 15) is 0 Å². The third kappa shape index (κ3) is 3.98. The first-order valence-electron chi connectivity index (χ1n) is 8.69. The lowest BCUT2D eigenvalue weighted by atomic mass is 9.85. The van der Waals surface area contributed by atoms with Crippen LogP contribution in [0.25, 0.3) is 11.3 Å². The molecule has 1 saturated carbocycles. The Bertz CT molecular complexity index is 808. The number of aromatic nitrogens is 2. The van der Waals surface area contributed by atoms with Gasteiger partial charge in [0.25, 0.3) is 0 Å². The summed E-state index contributed by atoms with van der Waals surface area (Å²) in [6, 6.07) is 6.19. The smallest absolute Gasteiger partial charge is 0.156 e. The van der Waals surface area contributed by atoms with Gasteiger partial charge in [-0.05, 0) is 53.4 Å². The van der Waals surface area contributed by atoms with Crippen molar-refractivity contribution in [2.45, 2.75) is 44.9 Å². The molecule has 1 fully saturated rings. The van der Waals surface area contributed by atoms with E-state index < -0.39 is 0 Å². The van der Waals surface area contributed by atoms with Gasteiger partial charge in [-0.2, -0.15) is 0 Å². The number of rotatable bonds is 4. The van der Waals surface area contributed by atoms with Crippen LogP contribution < -0.4 is 5.73 Å². The van der Waals surface area contributed by atoms with Crippen LogP contribution in [0.1, 0.15) is 49.3 Å². The minimum Gasteiger partial charge on any atom is -0.381 e. The molecule has 0 spiro atoms. The molecule has 0 bridgehead atoms. The number of nitrogens with zero attached hydrogens (tertiary/aromatic N) is 3. The highest BCUT2D eigenvalue weighted by atomic mass is 79.9. The average molecular weight is 399 g/mol. The molecule has 25 heavy (non-hydrogen) atoms. The van der Waals surface area contributed by atoms with Crippen molar-refractivity contribution < 1.29 is 0 Å². The van der Waals surface area contributed by atoms with Gasteiger partial charge in [-0.15, -0.1) is 0 Å². The largest absolute Gasteiger partial charge is 0.381 e. The number of allylic oxidation sites excluding steroid dienone is 1. The molecule has 1 aromatic carbocycles. The highest BCUT2D eigenvalue weighted by molar-refractivity contribution is 9.10. The van der Waals surface area contributed by atoms with Crippen LogP contribution in [-0.2, 0) is 0 Å². The molecule has 0 aliphatic heterocycles. The Morgan fingerprint density at radius 3 is 2.68 bits per heavy atom. The number of anilines is 1. The number of aryl methyl sites for hydroxylation is 1. The number of hydrogen-bond donors (Lipinski definition) is 1. The number of aliphatic imine (C=N–C) groups is 1. The lowest BCUT2D eigenvalue weighted by molar-refractivity contribution is 0.437. The fourth-order valence-corrected chi connectivity index (χ4v) is 3.66. The Labute approximate surface area is 157 Å². The monoisotopic (exact) mass is 398 g/mol. The molecule has 0 amide bonds. The van der Waals surface area contributed by atoms with E-state index in [2.05, 4.69) is 46.6 Å². The highest BCUT2D eigenvalue weighted by Crippen LogP contribution is 2.38. The maximum Gasteiger partial charge on any atom is 0.156 e. The van der Waals surface area contributed by atoms with Gasteiger partial charge in [0.1, 0.15) is 4.60 Å². The molecule has 2 N–H and O–H groups in total. The SMILES string of the molecule is C=C/C=N\c1ccc(-c2nc(Br)c(N)nc2C2CCCCC2)cc1C. The lowest BCUT2D eigenvalue weighted by Crippen LogP contribution is -2.11. The zero-order valence-electron chi connectivity index (χ0n) is 14.5. The highest BCUT2D eigenvalue weighted by Gasteiger charge is 2.23. The molecule has 4 nitrogen and oxygen atoms in total. The first-order chi connectivity index (χ1) is 12.1. The summed E-state index contributed by atoms with van der Waals surface area (Å²) < 4.78 is 0.605. The quantitative estimate of drug-likeness (QED) is 0.668. The van der Waals surface area contributed by atoms with E-state index in [1.54, 1.807) is 12.3 Å². The Morgan fingerprint density at radius 1 is 1.24 bits per heavy atom. The van der Waals surface area contributed by atoms with Gasteiger partial charge < -0.3 is 5.73 Å². The molecule has 0 saturated heterocycles. The average Bonchev–Trinajstić information content (AvgIpc) is 2.63. The van der Waals surface area contributed by atoms with Crippen molar-refractivity contribution in [3.63, 3.8) is 0 Å². The number of halogens is 1. The molecular formula is C20H23BrN4. The molecule has 3 rings (SSSR count). The van der Waals surface area contributed by atoms with E-state index in [0.29, 0.717) is 16.3 Å². The van der Waals surface area contributed by atoms with Crippen molar-refractivity contribution in [1.82, 2.24) is 9.97 Å². The normalized spacial score (nSPS) is 15.6. The van der Waals surface area contributed by atoms with Crippen molar-refractivity contribution in [2.24, 2.45) is 4.99 Å². The van der Waals surface area contributed by atoms with Crippen LogP contribution in [0.15, 0.2) is 40.4 Å². The molecule has 130 valence electrons. The van der Waals surface area contributed by atoms with Gasteiger partial charge in [0, 0.05) is 17.7 Å². The van der Waals surface area contributed by atoms with E-state index >= 15 is 0 Å². The van der Waals surface area contributed by atoms with Crippen molar-refractivity contribution in [1.29, 1.82) is 0 Å². The number of hydrogen-bond acceptors (Lipinski definition) is 4. The Hall–Kier alpha value is -2.01. The van der Waals surface area contributed by atoms with Crippen LogP contribution in [0, 0.1) is 6.92 Å². The topological polar surface area (TPSA) is 64.2 Å². The van der Waals surface area contributed by atoms with E-state index in [-0.39, 0.29) is 0 Å². The van der Waals surface area contributed by atoms with Gasteiger partial charge >= 0.3 is 0 Å². The first kappa shape index (κ1) is 17.8. The fourth-order valence-electron chi connectivity index (χ4n) is 3.40. The van der Waals surface area contributed by atoms with Crippen molar-refractivity contribution in [2.75, 3.05) is 5.73 Å². The number of nitrogens with two attached hydrogens (primary N) is 1. The van der Waals surface area contributed by atoms with Crippen molar-refractivity contribution in [3.05, 3.63) is 46.7 Å². The van der Waals surface area contributed by atoms with Gasteiger partial charge in [-0.25, -0.2) is 9.97 Å². The second-order valence-electron chi connectivity index (χ2n) is 6.48. The summed E-state index contributed by atoms with van der Waals surface area (Å²) in [6.45, 7) is 5.72. The molecule has 2 aromatic rings. The molecule has 1 heterocycles. The summed E-state index contributed by atoms with van der Waals surface area (Å²) >= 11 is 3.44. The predicted octanol–water partition coefficient (Wildman–Crippen LogP) is 5.73. The Morgan fingerprint density at radius 2 is 2.00 bits per heavy atom. The number of benzene rings is 1. The molecule has 1 aliphatic rings. The maximum absolute atomic E-state index is 6.03. The van der Waals surface area contributed by atoms with Gasteiger partial charge in [0.15, 0.2) is 5.82 Å². The summed E-state index contributed by atoms with van der Waals surface area (Å²) in [4.78, 5) is 13.8. The zero-order chi connectivity index (χ0) is 17.8. The van der Waals surface area contributed by atoms with Gasteiger partial charge in [-0.1, -0.05) is 38.0 Å². The van der Waals surface area contributed by atoms with Gasteiger partial charge in [0.2, 0.25) is 0 Å². The molecule has 1 aromatic heterocycles. The third-order valence-electron chi connectivity index (χ3n) is 4.69. The maximum atomic E-state index is 6.03. The second kappa shape index (κ2) is 7.91. The standard InChI is InChI=1S/C20H23BrN4/c1-3-11-23-16-10-9-15(12-13(16)2)18-17(14-7-5-4-6-8-14)25-20(22)19(21)24-18/h3,9-12,14H,1,4-8H2,2H3,(H2,22,25)/b23-11-. The summed E-state index contributed by atoms with van der Waals surface area (Å²) in [5, 5.41) is 0. The minimum atomic E-state index is 0.436. The van der Waals surface area contributed by atoms with Crippen LogP contribution >= 0.6 is 15.9 Å². The summed E-state index contributed by atoms with van der Waals surface area (Å²) in [7, 11) is 0. The van der Waals surface area contributed by atoms with E-state index in [1.807, 2.05) is 6.07 Å². The van der Waals surface area contributed by atoms with Crippen LogP contribution in [0.4, 0.5) is 11.5 Å². The Kier molecular flexibility index (Phi) is 5.63. The second-order valence-corrected chi connectivity index (χ2v) is 7.23. The number of nitrogen functional groups attached to an aromatic ring is 1. The van der Waals surface area contributed by atoms with Crippen molar-refractivity contribution >= 4 is 33.6 Å². The molecule has 5 heteroatoms.